The van der Waals surface area contributed by atoms with Gasteiger partial charge in [0, 0.05) is 5.02 Å². The van der Waals surface area contributed by atoms with E-state index in [1.165, 1.54) is 12.8 Å². The molecule has 0 saturated carbocycles. The predicted octanol–water partition coefficient (Wildman–Crippen LogP) is 4.57. The molecule has 1 rings (SSSR count). The van der Waals surface area contributed by atoms with Gasteiger partial charge in [0.25, 0.3) is 0 Å². The van der Waals surface area contributed by atoms with Crippen molar-refractivity contribution in [2.75, 3.05) is 0 Å². The molecular weight excluding hydrogens is 220 g/mol. The van der Waals surface area contributed by atoms with Gasteiger partial charge in [-0.15, -0.1) is 0 Å². The van der Waals surface area contributed by atoms with E-state index in [-0.39, 0.29) is 6.10 Å². The molecule has 0 aliphatic carbocycles. The minimum absolute atomic E-state index is 0.345. The van der Waals surface area contributed by atoms with Crippen molar-refractivity contribution in [2.24, 2.45) is 0 Å². The molecule has 1 N–H and O–H groups in total. The first kappa shape index (κ1) is 13.5. The third-order valence-electron chi connectivity index (χ3n) is 2.99. The molecule has 90 valence electrons. The van der Waals surface area contributed by atoms with E-state index in [9.17, 15) is 5.11 Å². The fourth-order valence-electron chi connectivity index (χ4n) is 1.91. The van der Waals surface area contributed by atoms with Gasteiger partial charge in [-0.1, -0.05) is 43.9 Å². The molecule has 0 spiro atoms. The van der Waals surface area contributed by atoms with E-state index >= 15 is 0 Å². The van der Waals surface area contributed by atoms with Crippen molar-refractivity contribution >= 4 is 11.6 Å². The van der Waals surface area contributed by atoms with Gasteiger partial charge in [0.05, 0.1) is 6.10 Å². The molecule has 16 heavy (non-hydrogen) atoms. The maximum Gasteiger partial charge on any atom is 0.0792 e. The van der Waals surface area contributed by atoms with Crippen LogP contribution < -0.4 is 0 Å². The van der Waals surface area contributed by atoms with Crippen LogP contribution in [-0.2, 0) is 0 Å². The normalized spacial score (nSPS) is 12.8. The molecule has 0 fully saturated rings. The molecule has 0 heterocycles. The topological polar surface area (TPSA) is 20.2 Å². The third kappa shape index (κ3) is 3.50. The van der Waals surface area contributed by atoms with Crippen LogP contribution in [0.4, 0.5) is 0 Å². The summed E-state index contributed by atoms with van der Waals surface area (Å²) in [7, 11) is 0. The minimum atomic E-state index is -0.345. The number of rotatable bonds is 5. The Hall–Kier alpha value is -0.530. The molecule has 0 saturated heterocycles. The van der Waals surface area contributed by atoms with Gasteiger partial charge in [0.1, 0.15) is 0 Å². The number of benzene rings is 1. The van der Waals surface area contributed by atoms with Gasteiger partial charge in [-0.3, -0.25) is 0 Å². The summed E-state index contributed by atoms with van der Waals surface area (Å²) in [5.74, 6) is 0. The van der Waals surface area contributed by atoms with Crippen LogP contribution in [0.25, 0.3) is 0 Å². The summed E-state index contributed by atoms with van der Waals surface area (Å²) in [5, 5.41) is 10.9. The maximum atomic E-state index is 10.1. The van der Waals surface area contributed by atoms with E-state index in [1.807, 2.05) is 26.0 Å². The van der Waals surface area contributed by atoms with Crippen molar-refractivity contribution in [1.82, 2.24) is 0 Å². The van der Waals surface area contributed by atoms with Crippen LogP contribution in [0.3, 0.4) is 0 Å². The number of aryl methyl sites for hydroxylation is 2. The van der Waals surface area contributed by atoms with Gasteiger partial charge < -0.3 is 5.11 Å². The Morgan fingerprint density at radius 3 is 2.50 bits per heavy atom. The van der Waals surface area contributed by atoms with Crippen molar-refractivity contribution < 1.29 is 5.11 Å². The van der Waals surface area contributed by atoms with Gasteiger partial charge in [0.15, 0.2) is 0 Å². The monoisotopic (exact) mass is 240 g/mol. The minimum Gasteiger partial charge on any atom is -0.388 e. The zero-order valence-electron chi connectivity index (χ0n) is 10.4. The van der Waals surface area contributed by atoms with E-state index in [1.54, 1.807) is 0 Å². The van der Waals surface area contributed by atoms with E-state index in [4.69, 9.17) is 11.6 Å². The van der Waals surface area contributed by atoms with Gasteiger partial charge in [-0.25, -0.2) is 0 Å². The van der Waals surface area contributed by atoms with Crippen LogP contribution in [-0.4, -0.2) is 5.11 Å². The Kier molecular flexibility index (Phi) is 5.30. The number of hydrogen-bond donors (Lipinski definition) is 1. The molecule has 1 aromatic rings. The lowest BCUT2D eigenvalue weighted by Gasteiger charge is -2.15. The van der Waals surface area contributed by atoms with Crippen LogP contribution in [0.1, 0.15) is 55.4 Å². The average molecular weight is 241 g/mol. The molecule has 0 aliphatic rings. The lowest BCUT2D eigenvalue weighted by Crippen LogP contribution is -2.01. The van der Waals surface area contributed by atoms with Gasteiger partial charge in [-0.2, -0.15) is 0 Å². The molecule has 2 heteroatoms. The smallest absolute Gasteiger partial charge is 0.0792 e. The second-order valence-electron chi connectivity index (χ2n) is 4.47. The molecule has 1 aromatic carbocycles. The maximum absolute atomic E-state index is 10.1. The molecule has 1 atom stereocenters. The standard InChI is InChI=1S/C14H21ClO/c1-4-5-6-7-14(16)12-8-11(3)13(15)9-10(12)2/h8-9,14,16H,4-7H2,1-3H3. The number of halogens is 1. The molecule has 1 nitrogen and oxygen atoms in total. The quantitative estimate of drug-likeness (QED) is 0.748. The van der Waals surface area contributed by atoms with Crippen molar-refractivity contribution in [3.8, 4) is 0 Å². The second-order valence-corrected chi connectivity index (χ2v) is 4.88. The SMILES string of the molecule is CCCCCC(O)c1cc(C)c(Cl)cc1C. The van der Waals surface area contributed by atoms with Gasteiger partial charge in [-0.05, 0) is 43.0 Å². The molecule has 1 unspecified atom stereocenters. The molecule has 0 aromatic heterocycles. The van der Waals surface area contributed by atoms with Gasteiger partial charge >= 0.3 is 0 Å². The summed E-state index contributed by atoms with van der Waals surface area (Å²) in [6, 6.07) is 3.95. The number of aliphatic hydroxyl groups is 1. The zero-order valence-corrected chi connectivity index (χ0v) is 11.1. The van der Waals surface area contributed by atoms with E-state index in [0.29, 0.717) is 0 Å². The highest BCUT2D eigenvalue weighted by Crippen LogP contribution is 2.27. The lowest BCUT2D eigenvalue weighted by molar-refractivity contribution is 0.163. The first-order valence-electron chi connectivity index (χ1n) is 6.01. The van der Waals surface area contributed by atoms with E-state index in [0.717, 1.165) is 34.6 Å². The molecular formula is C14H21ClO. The van der Waals surface area contributed by atoms with Crippen LogP contribution >= 0.6 is 11.6 Å². The van der Waals surface area contributed by atoms with Crippen LogP contribution in [0.5, 0.6) is 0 Å². The third-order valence-corrected chi connectivity index (χ3v) is 3.39. The highest BCUT2D eigenvalue weighted by Gasteiger charge is 2.11. The Morgan fingerprint density at radius 2 is 1.88 bits per heavy atom. The van der Waals surface area contributed by atoms with Crippen molar-refractivity contribution in [2.45, 2.75) is 52.6 Å². The molecule has 0 bridgehead atoms. The van der Waals surface area contributed by atoms with Crippen molar-refractivity contribution in [3.05, 3.63) is 33.8 Å². The molecule has 0 amide bonds. The lowest BCUT2D eigenvalue weighted by atomic mass is 9.97. The second kappa shape index (κ2) is 6.27. The Labute approximate surface area is 103 Å². The molecule has 0 radical (unpaired) electrons. The van der Waals surface area contributed by atoms with Crippen LogP contribution in [0.15, 0.2) is 12.1 Å². The zero-order chi connectivity index (χ0) is 12.1. The average Bonchev–Trinajstić information content (AvgIpc) is 2.23. The number of hydrogen-bond acceptors (Lipinski definition) is 1. The number of aliphatic hydroxyl groups excluding tert-OH is 1. The highest BCUT2D eigenvalue weighted by molar-refractivity contribution is 6.31. The fourth-order valence-corrected chi connectivity index (χ4v) is 2.12. The fraction of sp³-hybridized carbons (Fsp3) is 0.571. The Bertz CT molecular complexity index is 347. The first-order chi connectivity index (χ1) is 7.56. The largest absolute Gasteiger partial charge is 0.388 e. The summed E-state index contributed by atoms with van der Waals surface area (Å²) in [4.78, 5) is 0. The van der Waals surface area contributed by atoms with Crippen molar-refractivity contribution in [3.63, 3.8) is 0 Å². The predicted molar refractivity (Wildman–Crippen MR) is 70.0 cm³/mol. The number of unbranched alkanes of at least 4 members (excludes halogenated alkanes) is 2. The van der Waals surface area contributed by atoms with Gasteiger partial charge in [0.2, 0.25) is 0 Å². The summed E-state index contributed by atoms with van der Waals surface area (Å²) in [5.41, 5.74) is 3.15. The summed E-state index contributed by atoms with van der Waals surface area (Å²) >= 11 is 6.04. The molecule has 0 aliphatic heterocycles. The van der Waals surface area contributed by atoms with Crippen LogP contribution in [0, 0.1) is 13.8 Å². The van der Waals surface area contributed by atoms with Crippen molar-refractivity contribution in [1.29, 1.82) is 0 Å². The van der Waals surface area contributed by atoms with Crippen LogP contribution in [0.2, 0.25) is 5.02 Å². The Balaban J connectivity index is 2.75. The first-order valence-corrected chi connectivity index (χ1v) is 6.38. The van der Waals surface area contributed by atoms with E-state index < -0.39 is 0 Å². The Morgan fingerprint density at radius 1 is 1.19 bits per heavy atom. The highest BCUT2D eigenvalue weighted by atomic mass is 35.5. The summed E-state index contributed by atoms with van der Waals surface area (Å²) < 4.78 is 0. The summed E-state index contributed by atoms with van der Waals surface area (Å²) in [6.45, 7) is 6.15. The van der Waals surface area contributed by atoms with E-state index in [2.05, 4.69) is 6.92 Å². The summed E-state index contributed by atoms with van der Waals surface area (Å²) in [6.07, 6.45) is 3.95.